The molecule has 1 aromatic carbocycles. The van der Waals surface area contributed by atoms with Crippen molar-refractivity contribution in [3.05, 3.63) is 41.5 Å². The highest BCUT2D eigenvalue weighted by molar-refractivity contribution is 5.48. The standard InChI is InChI=1S/C14H18FN3O/c1-9(16-13-8-18(3)17-10(13)2)11-5-6-12(15)14(7-11)19-4/h5-9,16H,1-4H3. The number of ether oxygens (including phenoxy) is 1. The summed E-state index contributed by atoms with van der Waals surface area (Å²) in [4.78, 5) is 0. The van der Waals surface area contributed by atoms with Gasteiger partial charge >= 0.3 is 0 Å². The lowest BCUT2D eigenvalue weighted by atomic mass is 10.1. The topological polar surface area (TPSA) is 39.1 Å². The molecule has 0 spiro atoms. The third-order valence-electron chi connectivity index (χ3n) is 3.06. The van der Waals surface area contributed by atoms with Crippen LogP contribution >= 0.6 is 0 Å². The summed E-state index contributed by atoms with van der Waals surface area (Å²) < 4.78 is 20.1. The molecule has 1 unspecified atom stereocenters. The first-order chi connectivity index (χ1) is 9.01. The lowest BCUT2D eigenvalue weighted by molar-refractivity contribution is 0.385. The van der Waals surface area contributed by atoms with Crippen LogP contribution in [0.3, 0.4) is 0 Å². The van der Waals surface area contributed by atoms with Crippen LogP contribution in [0.2, 0.25) is 0 Å². The largest absolute Gasteiger partial charge is 0.494 e. The van der Waals surface area contributed by atoms with Crippen molar-refractivity contribution in [3.8, 4) is 5.75 Å². The average molecular weight is 263 g/mol. The Morgan fingerprint density at radius 3 is 2.74 bits per heavy atom. The van der Waals surface area contributed by atoms with Crippen LogP contribution in [0.1, 0.15) is 24.2 Å². The Morgan fingerprint density at radius 1 is 1.42 bits per heavy atom. The van der Waals surface area contributed by atoms with Crippen LogP contribution in [0.5, 0.6) is 5.75 Å². The van der Waals surface area contributed by atoms with Crippen LogP contribution in [-0.2, 0) is 7.05 Å². The molecule has 2 aromatic rings. The Kier molecular flexibility index (Phi) is 3.74. The van der Waals surface area contributed by atoms with Gasteiger partial charge in [-0.05, 0) is 31.5 Å². The van der Waals surface area contributed by atoms with Crippen LogP contribution in [0, 0.1) is 12.7 Å². The van der Waals surface area contributed by atoms with E-state index in [2.05, 4.69) is 10.4 Å². The molecule has 0 aliphatic heterocycles. The van der Waals surface area contributed by atoms with E-state index < -0.39 is 0 Å². The van der Waals surface area contributed by atoms with Gasteiger partial charge in [-0.3, -0.25) is 4.68 Å². The molecule has 0 amide bonds. The van der Waals surface area contributed by atoms with Gasteiger partial charge in [-0.15, -0.1) is 0 Å². The zero-order valence-electron chi connectivity index (χ0n) is 11.6. The highest BCUT2D eigenvalue weighted by atomic mass is 19.1. The van der Waals surface area contributed by atoms with Gasteiger partial charge in [0.1, 0.15) is 0 Å². The first-order valence-electron chi connectivity index (χ1n) is 6.11. The molecule has 0 aliphatic carbocycles. The zero-order valence-corrected chi connectivity index (χ0v) is 11.6. The van der Waals surface area contributed by atoms with Crippen LogP contribution in [-0.4, -0.2) is 16.9 Å². The van der Waals surface area contributed by atoms with Gasteiger partial charge in [-0.1, -0.05) is 6.07 Å². The monoisotopic (exact) mass is 263 g/mol. The summed E-state index contributed by atoms with van der Waals surface area (Å²) >= 11 is 0. The summed E-state index contributed by atoms with van der Waals surface area (Å²) in [7, 11) is 3.34. The Labute approximate surface area is 112 Å². The highest BCUT2D eigenvalue weighted by Gasteiger charge is 2.11. The van der Waals surface area contributed by atoms with E-state index in [1.165, 1.54) is 13.2 Å². The van der Waals surface area contributed by atoms with Crippen molar-refractivity contribution in [2.45, 2.75) is 19.9 Å². The quantitative estimate of drug-likeness (QED) is 0.921. The van der Waals surface area contributed by atoms with Gasteiger partial charge in [-0.25, -0.2) is 4.39 Å². The minimum atomic E-state index is -0.351. The molecule has 102 valence electrons. The first-order valence-corrected chi connectivity index (χ1v) is 6.11. The second-order valence-electron chi connectivity index (χ2n) is 4.56. The number of aromatic nitrogens is 2. The van der Waals surface area contributed by atoms with E-state index in [-0.39, 0.29) is 17.6 Å². The molecule has 5 heteroatoms. The molecule has 0 saturated heterocycles. The van der Waals surface area contributed by atoms with Gasteiger partial charge in [-0.2, -0.15) is 5.10 Å². The Bertz CT molecular complexity index is 580. The van der Waals surface area contributed by atoms with Crippen molar-refractivity contribution in [2.24, 2.45) is 7.05 Å². The van der Waals surface area contributed by atoms with Gasteiger partial charge in [0.15, 0.2) is 11.6 Å². The van der Waals surface area contributed by atoms with Crippen LogP contribution in [0.15, 0.2) is 24.4 Å². The van der Waals surface area contributed by atoms with Gasteiger partial charge < -0.3 is 10.1 Å². The molecule has 4 nitrogen and oxygen atoms in total. The number of hydrogen-bond acceptors (Lipinski definition) is 3. The van der Waals surface area contributed by atoms with Gasteiger partial charge in [0, 0.05) is 19.3 Å². The molecule has 0 fully saturated rings. The second-order valence-corrected chi connectivity index (χ2v) is 4.56. The molecule has 1 N–H and O–H groups in total. The molecular formula is C14H18FN3O. The Morgan fingerprint density at radius 2 is 2.16 bits per heavy atom. The third-order valence-corrected chi connectivity index (χ3v) is 3.06. The Hall–Kier alpha value is -2.04. The number of nitrogens with one attached hydrogen (secondary N) is 1. The van der Waals surface area contributed by atoms with E-state index in [1.807, 2.05) is 27.1 Å². The van der Waals surface area contributed by atoms with Crippen LogP contribution in [0.25, 0.3) is 0 Å². The second kappa shape index (κ2) is 5.30. The van der Waals surface area contributed by atoms with Gasteiger partial charge in [0.05, 0.1) is 18.5 Å². The highest BCUT2D eigenvalue weighted by Crippen LogP contribution is 2.25. The SMILES string of the molecule is COc1cc(C(C)Nc2cn(C)nc2C)ccc1F. The Balaban J connectivity index is 2.20. The summed E-state index contributed by atoms with van der Waals surface area (Å²) in [6, 6.07) is 4.92. The van der Waals surface area contributed by atoms with Crippen molar-refractivity contribution in [2.75, 3.05) is 12.4 Å². The minimum Gasteiger partial charge on any atom is -0.494 e. The maximum absolute atomic E-state index is 13.4. The first kappa shape index (κ1) is 13.4. The molecule has 1 aromatic heterocycles. The van der Waals surface area contributed by atoms with Gasteiger partial charge in [0.25, 0.3) is 0 Å². The predicted molar refractivity (Wildman–Crippen MR) is 72.9 cm³/mol. The number of aryl methyl sites for hydroxylation is 2. The van der Waals surface area contributed by atoms with E-state index in [9.17, 15) is 4.39 Å². The zero-order chi connectivity index (χ0) is 14.0. The average Bonchev–Trinajstić information content (AvgIpc) is 2.68. The lowest BCUT2D eigenvalue weighted by Crippen LogP contribution is -2.07. The lowest BCUT2D eigenvalue weighted by Gasteiger charge is -2.16. The normalized spacial score (nSPS) is 12.3. The van der Waals surface area contributed by atoms with E-state index >= 15 is 0 Å². The number of rotatable bonds is 4. The summed E-state index contributed by atoms with van der Waals surface area (Å²) in [5.41, 5.74) is 2.86. The summed E-state index contributed by atoms with van der Waals surface area (Å²) in [5, 5.41) is 7.63. The fraction of sp³-hybridized carbons (Fsp3) is 0.357. The van der Waals surface area contributed by atoms with Crippen molar-refractivity contribution >= 4 is 5.69 Å². The van der Waals surface area contributed by atoms with Gasteiger partial charge in [0.2, 0.25) is 0 Å². The molecular weight excluding hydrogens is 245 g/mol. The summed E-state index contributed by atoms with van der Waals surface area (Å²) in [6.45, 7) is 3.96. The minimum absolute atomic E-state index is 0.0393. The maximum Gasteiger partial charge on any atom is 0.165 e. The smallest absolute Gasteiger partial charge is 0.165 e. The summed E-state index contributed by atoms with van der Waals surface area (Å²) in [5.74, 6) is -0.0925. The molecule has 0 bridgehead atoms. The number of hydrogen-bond donors (Lipinski definition) is 1. The fourth-order valence-electron chi connectivity index (χ4n) is 2.00. The molecule has 0 aliphatic rings. The van der Waals surface area contributed by atoms with E-state index in [0.717, 1.165) is 16.9 Å². The van der Waals surface area contributed by atoms with Crippen LogP contribution in [0.4, 0.5) is 10.1 Å². The third kappa shape index (κ3) is 2.86. The maximum atomic E-state index is 13.4. The van der Waals surface area contributed by atoms with Crippen molar-refractivity contribution in [3.63, 3.8) is 0 Å². The molecule has 0 saturated carbocycles. The van der Waals surface area contributed by atoms with E-state index in [4.69, 9.17) is 4.74 Å². The molecule has 1 atom stereocenters. The van der Waals surface area contributed by atoms with Crippen LogP contribution < -0.4 is 10.1 Å². The molecule has 0 radical (unpaired) electrons. The number of nitrogens with zero attached hydrogens (tertiary/aromatic N) is 2. The summed E-state index contributed by atoms with van der Waals surface area (Å²) in [6.07, 6.45) is 1.92. The van der Waals surface area contributed by atoms with E-state index in [1.54, 1.807) is 16.8 Å². The number of halogens is 1. The van der Waals surface area contributed by atoms with Crippen molar-refractivity contribution < 1.29 is 9.13 Å². The number of anilines is 1. The predicted octanol–water partition coefficient (Wildman–Crippen LogP) is 3.05. The molecule has 19 heavy (non-hydrogen) atoms. The molecule has 1 heterocycles. The fourth-order valence-corrected chi connectivity index (χ4v) is 2.00. The van der Waals surface area contributed by atoms with E-state index in [0.29, 0.717) is 0 Å². The van der Waals surface area contributed by atoms with Crippen molar-refractivity contribution in [1.29, 1.82) is 0 Å². The number of benzene rings is 1. The van der Waals surface area contributed by atoms with Crippen molar-refractivity contribution in [1.82, 2.24) is 9.78 Å². The molecule has 2 rings (SSSR count). The number of methoxy groups -OCH3 is 1.